The van der Waals surface area contributed by atoms with Crippen LogP contribution in [0.4, 0.5) is 0 Å². The summed E-state index contributed by atoms with van der Waals surface area (Å²) in [5.74, 6) is 1.50. The molecule has 1 aliphatic heterocycles. The SMILES string of the molecule is Cc1ccc(CC(Br)c2cc3c(cc2Cl)OCCO3)cc1. The smallest absolute Gasteiger partial charge is 0.162 e. The molecule has 0 N–H and O–H groups in total. The van der Waals surface area contributed by atoms with E-state index < -0.39 is 0 Å². The Morgan fingerprint density at radius 1 is 1.10 bits per heavy atom. The van der Waals surface area contributed by atoms with Crippen molar-refractivity contribution in [2.45, 2.75) is 18.2 Å². The average molecular weight is 368 g/mol. The summed E-state index contributed by atoms with van der Waals surface area (Å²) in [5, 5.41) is 0.702. The number of ether oxygens (including phenoxy) is 2. The third kappa shape index (κ3) is 3.35. The highest BCUT2D eigenvalue weighted by Gasteiger charge is 2.19. The molecular formula is C17H16BrClO2. The summed E-state index contributed by atoms with van der Waals surface area (Å²) in [4.78, 5) is 0.142. The number of rotatable bonds is 3. The molecule has 1 heterocycles. The predicted molar refractivity (Wildman–Crippen MR) is 89.0 cm³/mol. The van der Waals surface area contributed by atoms with Crippen molar-refractivity contribution in [2.75, 3.05) is 13.2 Å². The molecule has 0 spiro atoms. The Kier molecular flexibility index (Phi) is 4.41. The lowest BCUT2D eigenvalue weighted by Gasteiger charge is -2.21. The van der Waals surface area contributed by atoms with Crippen molar-refractivity contribution in [1.82, 2.24) is 0 Å². The van der Waals surface area contributed by atoms with Gasteiger partial charge in [0, 0.05) is 15.9 Å². The molecule has 0 aromatic heterocycles. The first-order valence-corrected chi connectivity index (χ1v) is 8.21. The zero-order valence-corrected chi connectivity index (χ0v) is 14.1. The maximum absolute atomic E-state index is 6.38. The molecule has 0 aliphatic carbocycles. The number of aryl methyl sites for hydroxylation is 1. The van der Waals surface area contributed by atoms with Crippen LogP contribution in [0.25, 0.3) is 0 Å². The first-order chi connectivity index (χ1) is 10.1. The van der Waals surface area contributed by atoms with Gasteiger partial charge in [-0.3, -0.25) is 0 Å². The number of benzene rings is 2. The number of hydrogen-bond donors (Lipinski definition) is 0. The zero-order valence-electron chi connectivity index (χ0n) is 11.7. The Balaban J connectivity index is 1.83. The molecule has 0 fully saturated rings. The van der Waals surface area contributed by atoms with Crippen molar-refractivity contribution in [2.24, 2.45) is 0 Å². The summed E-state index contributed by atoms with van der Waals surface area (Å²) >= 11 is 10.1. The molecule has 2 aromatic carbocycles. The average Bonchev–Trinajstić information content (AvgIpc) is 2.49. The van der Waals surface area contributed by atoms with Crippen molar-refractivity contribution >= 4 is 27.5 Å². The summed E-state index contributed by atoms with van der Waals surface area (Å²) in [6.45, 7) is 3.25. The van der Waals surface area contributed by atoms with Crippen LogP contribution < -0.4 is 9.47 Å². The molecule has 0 radical (unpaired) electrons. The van der Waals surface area contributed by atoms with Crippen LogP contribution in [0.5, 0.6) is 11.5 Å². The molecule has 2 nitrogen and oxygen atoms in total. The van der Waals surface area contributed by atoms with Gasteiger partial charge in [-0.2, -0.15) is 0 Å². The Morgan fingerprint density at radius 2 is 1.71 bits per heavy atom. The Labute approximate surface area is 138 Å². The van der Waals surface area contributed by atoms with Crippen LogP contribution in [0.15, 0.2) is 36.4 Å². The number of alkyl halides is 1. The summed E-state index contributed by atoms with van der Waals surface area (Å²) in [6, 6.07) is 12.4. The molecule has 0 bridgehead atoms. The fraction of sp³-hybridized carbons (Fsp3) is 0.294. The first-order valence-electron chi connectivity index (χ1n) is 6.92. The normalized spacial score (nSPS) is 14.8. The van der Waals surface area contributed by atoms with Gasteiger partial charge in [-0.1, -0.05) is 57.4 Å². The molecule has 4 heteroatoms. The lowest BCUT2D eigenvalue weighted by Crippen LogP contribution is -2.15. The van der Waals surface area contributed by atoms with Crippen LogP contribution >= 0.6 is 27.5 Å². The van der Waals surface area contributed by atoms with Gasteiger partial charge in [0.05, 0.1) is 0 Å². The van der Waals surface area contributed by atoms with Gasteiger partial charge in [0.2, 0.25) is 0 Å². The highest BCUT2D eigenvalue weighted by atomic mass is 79.9. The third-order valence-corrected chi connectivity index (χ3v) is 4.68. The maximum atomic E-state index is 6.38. The van der Waals surface area contributed by atoms with E-state index in [1.54, 1.807) is 0 Å². The fourth-order valence-corrected chi connectivity index (χ4v) is 3.53. The first kappa shape index (κ1) is 14.7. The van der Waals surface area contributed by atoms with Crippen molar-refractivity contribution in [3.05, 3.63) is 58.1 Å². The van der Waals surface area contributed by atoms with Gasteiger partial charge < -0.3 is 9.47 Å². The van der Waals surface area contributed by atoms with E-state index in [2.05, 4.69) is 47.1 Å². The van der Waals surface area contributed by atoms with E-state index in [1.165, 1.54) is 11.1 Å². The molecule has 0 saturated heterocycles. The Bertz CT molecular complexity index is 640. The van der Waals surface area contributed by atoms with Crippen LogP contribution in [0.1, 0.15) is 21.5 Å². The van der Waals surface area contributed by atoms with Crippen molar-refractivity contribution in [1.29, 1.82) is 0 Å². The summed E-state index contributed by atoms with van der Waals surface area (Å²) in [5.41, 5.74) is 3.57. The molecule has 2 aromatic rings. The van der Waals surface area contributed by atoms with Gasteiger partial charge in [-0.25, -0.2) is 0 Å². The maximum Gasteiger partial charge on any atom is 0.162 e. The van der Waals surface area contributed by atoms with E-state index in [1.807, 2.05) is 12.1 Å². The number of fused-ring (bicyclic) bond motifs is 1. The zero-order chi connectivity index (χ0) is 14.8. The lowest BCUT2D eigenvalue weighted by atomic mass is 10.0. The second-order valence-corrected chi connectivity index (χ2v) is 6.69. The molecule has 21 heavy (non-hydrogen) atoms. The van der Waals surface area contributed by atoms with Gasteiger partial charge in [0.1, 0.15) is 13.2 Å². The largest absolute Gasteiger partial charge is 0.486 e. The van der Waals surface area contributed by atoms with Gasteiger partial charge in [-0.05, 0) is 30.5 Å². The standard InChI is InChI=1S/C17H16BrClO2/c1-11-2-4-12(5-3-11)8-14(18)13-9-16-17(10-15(13)19)21-7-6-20-16/h2-5,9-10,14H,6-8H2,1H3. The number of halogens is 2. The monoisotopic (exact) mass is 366 g/mol. The van der Waals surface area contributed by atoms with Crippen LogP contribution in [0.3, 0.4) is 0 Å². The Morgan fingerprint density at radius 3 is 2.38 bits per heavy atom. The van der Waals surface area contributed by atoms with Crippen molar-refractivity contribution < 1.29 is 9.47 Å². The minimum atomic E-state index is 0.142. The van der Waals surface area contributed by atoms with Crippen LogP contribution in [-0.4, -0.2) is 13.2 Å². The molecule has 110 valence electrons. The third-order valence-electron chi connectivity index (χ3n) is 3.53. The molecule has 1 atom stereocenters. The van der Waals surface area contributed by atoms with Crippen LogP contribution in [-0.2, 0) is 6.42 Å². The van der Waals surface area contributed by atoms with E-state index >= 15 is 0 Å². The second-order valence-electron chi connectivity index (χ2n) is 5.17. The van der Waals surface area contributed by atoms with Gasteiger partial charge in [0.25, 0.3) is 0 Å². The molecule has 0 amide bonds. The number of hydrogen-bond acceptors (Lipinski definition) is 2. The molecule has 1 aliphatic rings. The molecule has 1 unspecified atom stereocenters. The van der Waals surface area contributed by atoms with E-state index in [9.17, 15) is 0 Å². The van der Waals surface area contributed by atoms with Gasteiger partial charge in [0.15, 0.2) is 11.5 Å². The lowest BCUT2D eigenvalue weighted by molar-refractivity contribution is 0.171. The minimum Gasteiger partial charge on any atom is -0.486 e. The van der Waals surface area contributed by atoms with Gasteiger partial charge in [-0.15, -0.1) is 0 Å². The quantitative estimate of drug-likeness (QED) is 0.703. The highest BCUT2D eigenvalue weighted by Crippen LogP contribution is 2.41. The van der Waals surface area contributed by atoms with E-state index in [0.717, 1.165) is 23.5 Å². The summed E-state index contributed by atoms with van der Waals surface area (Å²) in [7, 11) is 0. The summed E-state index contributed by atoms with van der Waals surface area (Å²) in [6.07, 6.45) is 0.875. The van der Waals surface area contributed by atoms with Gasteiger partial charge >= 0.3 is 0 Å². The van der Waals surface area contributed by atoms with Crippen LogP contribution in [0.2, 0.25) is 5.02 Å². The second kappa shape index (κ2) is 6.29. The van der Waals surface area contributed by atoms with Crippen LogP contribution in [0, 0.1) is 6.92 Å². The van der Waals surface area contributed by atoms with Crippen molar-refractivity contribution in [3.8, 4) is 11.5 Å². The fourth-order valence-electron chi connectivity index (χ4n) is 2.36. The predicted octanol–water partition coefficient (Wildman–Crippen LogP) is 5.10. The topological polar surface area (TPSA) is 18.5 Å². The highest BCUT2D eigenvalue weighted by molar-refractivity contribution is 9.09. The summed E-state index contributed by atoms with van der Waals surface area (Å²) < 4.78 is 11.2. The Hall–Kier alpha value is -1.19. The molecular weight excluding hydrogens is 352 g/mol. The van der Waals surface area contributed by atoms with E-state index in [0.29, 0.717) is 18.2 Å². The van der Waals surface area contributed by atoms with E-state index in [-0.39, 0.29) is 4.83 Å². The molecule has 3 rings (SSSR count). The molecule has 0 saturated carbocycles. The van der Waals surface area contributed by atoms with E-state index in [4.69, 9.17) is 21.1 Å². The van der Waals surface area contributed by atoms with Crippen molar-refractivity contribution in [3.63, 3.8) is 0 Å². The minimum absolute atomic E-state index is 0.142.